The predicted molar refractivity (Wildman–Crippen MR) is 99.9 cm³/mol. The van der Waals surface area contributed by atoms with Gasteiger partial charge in [0.05, 0.1) is 52.5 Å². The van der Waals surface area contributed by atoms with E-state index in [0.717, 1.165) is 13.2 Å². The van der Waals surface area contributed by atoms with Crippen LogP contribution in [0.15, 0.2) is 0 Å². The lowest BCUT2D eigenvalue weighted by molar-refractivity contribution is -0.165. The Balaban J connectivity index is 1.54. The van der Waals surface area contributed by atoms with Gasteiger partial charge < -0.3 is 28.4 Å². The van der Waals surface area contributed by atoms with E-state index in [0.29, 0.717) is 39.3 Å². The fourth-order valence-electron chi connectivity index (χ4n) is 2.42. The molecule has 162 valence electrons. The Kier molecular flexibility index (Phi) is 8.67. The van der Waals surface area contributed by atoms with Gasteiger partial charge in [-0.05, 0) is 27.7 Å². The summed E-state index contributed by atoms with van der Waals surface area (Å²) in [4.78, 5) is 24.1. The van der Waals surface area contributed by atoms with Crippen molar-refractivity contribution >= 4 is 11.9 Å². The van der Waals surface area contributed by atoms with E-state index in [2.05, 4.69) is 0 Å². The first-order valence-corrected chi connectivity index (χ1v) is 9.98. The van der Waals surface area contributed by atoms with Crippen molar-refractivity contribution in [1.82, 2.24) is 0 Å². The molecule has 0 aliphatic carbocycles. The second-order valence-corrected chi connectivity index (χ2v) is 8.53. The van der Waals surface area contributed by atoms with Crippen molar-refractivity contribution in [3.8, 4) is 0 Å². The molecule has 0 radical (unpaired) electrons. The summed E-state index contributed by atoms with van der Waals surface area (Å²) in [5.74, 6) is -0.837. The normalized spacial score (nSPS) is 21.3. The predicted octanol–water partition coefficient (Wildman–Crippen LogP) is 2.02. The highest BCUT2D eigenvalue weighted by Gasteiger charge is 2.27. The maximum atomic E-state index is 12.0. The van der Waals surface area contributed by atoms with Crippen LogP contribution in [0.1, 0.15) is 53.4 Å². The average Bonchev–Trinajstić information content (AvgIpc) is 3.48. The van der Waals surface area contributed by atoms with Gasteiger partial charge in [0.1, 0.15) is 23.4 Å². The summed E-state index contributed by atoms with van der Waals surface area (Å²) in [6, 6.07) is 0. The van der Waals surface area contributed by atoms with Crippen LogP contribution in [0.5, 0.6) is 0 Å². The van der Waals surface area contributed by atoms with Gasteiger partial charge in [-0.2, -0.15) is 0 Å². The van der Waals surface area contributed by atoms with E-state index in [1.54, 1.807) is 0 Å². The van der Waals surface area contributed by atoms with Crippen LogP contribution in [-0.4, -0.2) is 75.0 Å². The van der Waals surface area contributed by atoms with Gasteiger partial charge >= 0.3 is 11.9 Å². The third kappa shape index (κ3) is 10.9. The molecule has 0 aromatic rings. The largest absolute Gasteiger partial charge is 0.460 e. The molecule has 2 saturated heterocycles. The molecule has 0 amide bonds. The molecule has 2 fully saturated rings. The molecule has 2 aliphatic heterocycles. The van der Waals surface area contributed by atoms with Gasteiger partial charge in [0.2, 0.25) is 0 Å². The zero-order valence-corrected chi connectivity index (χ0v) is 17.5. The summed E-state index contributed by atoms with van der Waals surface area (Å²) < 4.78 is 32.0. The summed E-state index contributed by atoms with van der Waals surface area (Å²) in [7, 11) is 0. The molecule has 2 heterocycles. The number of hydrogen-bond donors (Lipinski definition) is 0. The first-order chi connectivity index (χ1) is 13.2. The summed E-state index contributed by atoms with van der Waals surface area (Å²) in [5.41, 5.74) is -1.29. The summed E-state index contributed by atoms with van der Waals surface area (Å²) in [6.45, 7) is 11.0. The van der Waals surface area contributed by atoms with Crippen molar-refractivity contribution in [3.63, 3.8) is 0 Å². The summed E-state index contributed by atoms with van der Waals surface area (Å²) in [5, 5.41) is 0. The minimum absolute atomic E-state index is 0.00929. The van der Waals surface area contributed by atoms with Gasteiger partial charge in [0, 0.05) is 12.8 Å². The number of carbonyl (C=O) groups excluding carboxylic acids is 2. The van der Waals surface area contributed by atoms with Crippen molar-refractivity contribution < 1.29 is 38.0 Å². The molecule has 0 bridgehead atoms. The second kappa shape index (κ2) is 10.5. The highest BCUT2D eigenvalue weighted by atomic mass is 16.6. The van der Waals surface area contributed by atoms with E-state index in [1.165, 1.54) is 0 Å². The van der Waals surface area contributed by atoms with Crippen molar-refractivity contribution in [2.24, 2.45) is 0 Å². The number of carbonyl (C=O) groups is 2. The molecule has 2 rings (SSSR count). The van der Waals surface area contributed by atoms with Crippen LogP contribution >= 0.6 is 0 Å². The third-order valence-electron chi connectivity index (χ3n) is 4.42. The quantitative estimate of drug-likeness (QED) is 0.233. The summed E-state index contributed by atoms with van der Waals surface area (Å²) in [6.07, 6.45) is 1.58. The minimum Gasteiger partial charge on any atom is -0.460 e. The molecule has 2 atom stereocenters. The van der Waals surface area contributed by atoms with E-state index in [9.17, 15) is 9.59 Å². The van der Waals surface area contributed by atoms with Gasteiger partial charge in [-0.25, -0.2) is 0 Å². The minimum atomic E-state index is -0.646. The van der Waals surface area contributed by atoms with E-state index in [1.807, 2.05) is 27.7 Å². The van der Waals surface area contributed by atoms with E-state index >= 15 is 0 Å². The second-order valence-electron chi connectivity index (χ2n) is 8.53. The van der Waals surface area contributed by atoms with Crippen molar-refractivity contribution in [1.29, 1.82) is 0 Å². The molecule has 0 aromatic heterocycles. The molecule has 0 spiro atoms. The Hall–Kier alpha value is -1.22. The topological polar surface area (TPSA) is 96.1 Å². The molecule has 8 heteroatoms. The standard InChI is InChI=1S/C20H34O8/c1-19(2,7-9-23-11-15-13-25-15)27-17(21)5-6-18(22)28-20(3,4)8-10-24-12-16-14-26-16/h15-16H,5-14H2,1-4H3. The molecule has 0 N–H and O–H groups in total. The Morgan fingerprint density at radius 1 is 0.786 bits per heavy atom. The Morgan fingerprint density at radius 2 is 1.14 bits per heavy atom. The van der Waals surface area contributed by atoms with Crippen LogP contribution in [0.4, 0.5) is 0 Å². The van der Waals surface area contributed by atoms with Crippen LogP contribution in [0.3, 0.4) is 0 Å². The van der Waals surface area contributed by atoms with E-state index in [4.69, 9.17) is 28.4 Å². The lowest BCUT2D eigenvalue weighted by atomic mass is 10.1. The number of rotatable bonds is 15. The molecule has 0 saturated carbocycles. The van der Waals surface area contributed by atoms with Gasteiger partial charge in [0.15, 0.2) is 0 Å². The Labute approximate surface area is 167 Å². The Morgan fingerprint density at radius 3 is 1.46 bits per heavy atom. The number of esters is 2. The van der Waals surface area contributed by atoms with Crippen LogP contribution in [0.25, 0.3) is 0 Å². The average molecular weight is 402 g/mol. The van der Waals surface area contributed by atoms with Crippen LogP contribution in [0, 0.1) is 0 Å². The highest BCUT2D eigenvalue weighted by molar-refractivity contribution is 5.78. The zero-order chi connectivity index (χ0) is 20.6. The molecule has 28 heavy (non-hydrogen) atoms. The van der Waals surface area contributed by atoms with Crippen LogP contribution < -0.4 is 0 Å². The van der Waals surface area contributed by atoms with Crippen LogP contribution in [0.2, 0.25) is 0 Å². The van der Waals surface area contributed by atoms with Gasteiger partial charge in [0.25, 0.3) is 0 Å². The molecule has 0 aromatic carbocycles. The smallest absolute Gasteiger partial charge is 0.306 e. The SMILES string of the molecule is CC(C)(CCOCC1CO1)OC(=O)CCC(=O)OC(C)(C)CCOCC1CO1. The molecule has 8 nitrogen and oxygen atoms in total. The fraction of sp³-hybridized carbons (Fsp3) is 0.900. The lowest BCUT2D eigenvalue weighted by Crippen LogP contribution is -2.32. The molecule has 2 aliphatic rings. The third-order valence-corrected chi connectivity index (χ3v) is 4.42. The summed E-state index contributed by atoms with van der Waals surface area (Å²) >= 11 is 0. The first kappa shape index (κ1) is 23.1. The zero-order valence-electron chi connectivity index (χ0n) is 17.5. The van der Waals surface area contributed by atoms with Crippen molar-refractivity contribution in [2.45, 2.75) is 76.8 Å². The van der Waals surface area contributed by atoms with Gasteiger partial charge in [-0.1, -0.05) is 0 Å². The molecule has 2 unspecified atom stereocenters. The first-order valence-electron chi connectivity index (χ1n) is 9.98. The van der Waals surface area contributed by atoms with E-state index < -0.39 is 23.1 Å². The monoisotopic (exact) mass is 402 g/mol. The van der Waals surface area contributed by atoms with Gasteiger partial charge in [-0.3, -0.25) is 9.59 Å². The lowest BCUT2D eigenvalue weighted by Gasteiger charge is -2.26. The number of hydrogen-bond acceptors (Lipinski definition) is 8. The highest BCUT2D eigenvalue weighted by Crippen LogP contribution is 2.19. The van der Waals surface area contributed by atoms with Gasteiger partial charge in [-0.15, -0.1) is 0 Å². The Bertz CT molecular complexity index is 462. The fourth-order valence-corrected chi connectivity index (χ4v) is 2.42. The number of epoxide rings is 2. The molecular formula is C20H34O8. The molecular weight excluding hydrogens is 368 g/mol. The van der Waals surface area contributed by atoms with Crippen molar-refractivity contribution in [3.05, 3.63) is 0 Å². The maximum absolute atomic E-state index is 12.0. The van der Waals surface area contributed by atoms with Crippen molar-refractivity contribution in [2.75, 3.05) is 39.6 Å². The van der Waals surface area contributed by atoms with Crippen LogP contribution in [-0.2, 0) is 38.0 Å². The number of ether oxygens (including phenoxy) is 6. The maximum Gasteiger partial charge on any atom is 0.306 e. The van der Waals surface area contributed by atoms with E-state index in [-0.39, 0.29) is 25.0 Å².